The SMILES string of the molecule is CCOC1=CC(CCC2(C)OCCO2)(N(C)C)C(C(C)(C)C)=C1. The zero-order valence-electron chi connectivity index (χ0n) is 15.9. The summed E-state index contributed by atoms with van der Waals surface area (Å²) in [5.41, 5.74) is 1.30. The van der Waals surface area contributed by atoms with Crippen molar-refractivity contribution in [2.24, 2.45) is 5.41 Å². The van der Waals surface area contributed by atoms with Crippen LogP contribution in [0.5, 0.6) is 0 Å². The van der Waals surface area contributed by atoms with Crippen LogP contribution in [0.3, 0.4) is 0 Å². The maximum atomic E-state index is 5.83. The summed E-state index contributed by atoms with van der Waals surface area (Å²) in [6, 6.07) is 0. The quantitative estimate of drug-likeness (QED) is 0.745. The molecule has 0 aromatic rings. The zero-order valence-corrected chi connectivity index (χ0v) is 15.9. The highest BCUT2D eigenvalue weighted by atomic mass is 16.7. The van der Waals surface area contributed by atoms with Crippen molar-refractivity contribution in [3.63, 3.8) is 0 Å². The van der Waals surface area contributed by atoms with E-state index in [1.807, 2.05) is 13.8 Å². The minimum Gasteiger partial charge on any atom is -0.494 e. The second kappa shape index (κ2) is 6.58. The standard InChI is InChI=1S/C19H33NO3/c1-8-21-15-13-16(17(2,3)4)19(14-15,20(6)7)10-9-18(5)22-11-12-23-18/h13-14H,8-12H2,1-7H3. The summed E-state index contributed by atoms with van der Waals surface area (Å²) in [4.78, 5) is 2.30. The second-order valence-electron chi connectivity index (χ2n) is 7.94. The van der Waals surface area contributed by atoms with Gasteiger partial charge in [-0.1, -0.05) is 20.8 Å². The van der Waals surface area contributed by atoms with E-state index in [-0.39, 0.29) is 11.0 Å². The van der Waals surface area contributed by atoms with Gasteiger partial charge in [0.05, 0.1) is 25.4 Å². The number of hydrogen-bond acceptors (Lipinski definition) is 4. The van der Waals surface area contributed by atoms with E-state index in [4.69, 9.17) is 14.2 Å². The molecule has 1 heterocycles. The Morgan fingerprint density at radius 2 is 1.78 bits per heavy atom. The first-order chi connectivity index (χ1) is 10.6. The van der Waals surface area contributed by atoms with Crippen LogP contribution in [0.2, 0.25) is 0 Å². The Kier molecular flexibility index (Phi) is 5.29. The lowest BCUT2D eigenvalue weighted by Gasteiger charge is -2.43. The first kappa shape index (κ1) is 18.5. The first-order valence-electron chi connectivity index (χ1n) is 8.67. The summed E-state index contributed by atoms with van der Waals surface area (Å²) in [5.74, 6) is 0.512. The van der Waals surface area contributed by atoms with Crippen LogP contribution in [0.4, 0.5) is 0 Å². The van der Waals surface area contributed by atoms with E-state index in [1.165, 1.54) is 5.57 Å². The zero-order chi connectivity index (χ0) is 17.3. The molecule has 1 atom stereocenters. The summed E-state index contributed by atoms with van der Waals surface area (Å²) in [6.07, 6.45) is 6.29. The minimum atomic E-state index is -0.464. The monoisotopic (exact) mass is 323 g/mol. The Bertz CT molecular complexity index is 481. The molecular weight excluding hydrogens is 290 g/mol. The van der Waals surface area contributed by atoms with Crippen LogP contribution >= 0.6 is 0 Å². The van der Waals surface area contributed by atoms with Crippen LogP contribution < -0.4 is 0 Å². The molecule has 132 valence electrons. The first-order valence-corrected chi connectivity index (χ1v) is 8.67. The van der Waals surface area contributed by atoms with Gasteiger partial charge in [0.15, 0.2) is 5.79 Å². The van der Waals surface area contributed by atoms with Gasteiger partial charge in [-0.2, -0.15) is 0 Å². The molecule has 0 aromatic heterocycles. The number of likely N-dealkylation sites (N-methyl/N-ethyl adjacent to an activating group) is 1. The third-order valence-electron chi connectivity index (χ3n) is 4.91. The molecule has 0 saturated carbocycles. The van der Waals surface area contributed by atoms with Gasteiger partial charge in [-0.15, -0.1) is 0 Å². The molecule has 1 aliphatic heterocycles. The van der Waals surface area contributed by atoms with Gasteiger partial charge >= 0.3 is 0 Å². The maximum absolute atomic E-state index is 5.83. The van der Waals surface area contributed by atoms with Crippen LogP contribution in [0.1, 0.15) is 47.5 Å². The fourth-order valence-corrected chi connectivity index (χ4v) is 3.66. The summed E-state index contributed by atoms with van der Waals surface area (Å²) < 4.78 is 17.4. The highest BCUT2D eigenvalue weighted by Gasteiger charge is 2.45. The Balaban J connectivity index is 2.31. The van der Waals surface area contributed by atoms with E-state index in [9.17, 15) is 0 Å². The highest BCUT2D eigenvalue weighted by Crippen LogP contribution is 2.47. The van der Waals surface area contributed by atoms with Crippen LogP contribution in [-0.4, -0.2) is 50.1 Å². The molecule has 1 aliphatic carbocycles. The van der Waals surface area contributed by atoms with Crippen molar-refractivity contribution in [2.75, 3.05) is 33.9 Å². The molecule has 0 bridgehead atoms. The number of hydrogen-bond donors (Lipinski definition) is 0. The van der Waals surface area contributed by atoms with Gasteiger partial charge in [0.1, 0.15) is 5.76 Å². The molecule has 4 heteroatoms. The van der Waals surface area contributed by atoms with Crippen LogP contribution in [-0.2, 0) is 14.2 Å². The lowest BCUT2D eigenvalue weighted by atomic mass is 9.73. The molecular formula is C19H33NO3. The normalized spacial score (nSPS) is 27.3. The van der Waals surface area contributed by atoms with Gasteiger partial charge in [0, 0.05) is 6.42 Å². The van der Waals surface area contributed by atoms with Crippen LogP contribution in [0.15, 0.2) is 23.5 Å². The molecule has 2 aliphatic rings. The van der Waals surface area contributed by atoms with E-state index in [0.29, 0.717) is 19.8 Å². The topological polar surface area (TPSA) is 30.9 Å². The maximum Gasteiger partial charge on any atom is 0.165 e. The molecule has 1 saturated heterocycles. The Hall–Kier alpha value is -0.840. The number of allylic oxidation sites excluding steroid dienone is 1. The Morgan fingerprint density at radius 1 is 1.17 bits per heavy atom. The molecule has 0 amide bonds. The average molecular weight is 323 g/mol. The van der Waals surface area contributed by atoms with Crippen molar-refractivity contribution in [2.45, 2.75) is 58.8 Å². The highest BCUT2D eigenvalue weighted by molar-refractivity contribution is 5.45. The minimum absolute atomic E-state index is 0.0674. The summed E-state index contributed by atoms with van der Waals surface area (Å²) >= 11 is 0. The van der Waals surface area contributed by atoms with Gasteiger partial charge in [0.25, 0.3) is 0 Å². The molecule has 2 rings (SSSR count). The van der Waals surface area contributed by atoms with E-state index >= 15 is 0 Å². The lowest BCUT2D eigenvalue weighted by Crippen LogP contribution is -2.47. The smallest absolute Gasteiger partial charge is 0.165 e. The third kappa shape index (κ3) is 3.81. The number of nitrogens with zero attached hydrogens (tertiary/aromatic N) is 1. The number of ether oxygens (including phenoxy) is 3. The van der Waals surface area contributed by atoms with Gasteiger partial charge < -0.3 is 14.2 Å². The largest absolute Gasteiger partial charge is 0.494 e. The summed E-state index contributed by atoms with van der Waals surface area (Å²) in [7, 11) is 4.29. The molecule has 0 radical (unpaired) electrons. The predicted octanol–water partition coefficient (Wildman–Crippen LogP) is 3.74. The average Bonchev–Trinajstić information content (AvgIpc) is 3.02. The molecule has 0 spiro atoms. The lowest BCUT2D eigenvalue weighted by molar-refractivity contribution is -0.150. The van der Waals surface area contributed by atoms with Crippen molar-refractivity contribution in [3.8, 4) is 0 Å². The second-order valence-corrected chi connectivity index (χ2v) is 7.94. The predicted molar refractivity (Wildman–Crippen MR) is 93.2 cm³/mol. The molecule has 0 N–H and O–H groups in total. The van der Waals surface area contributed by atoms with Crippen molar-refractivity contribution in [3.05, 3.63) is 23.5 Å². The van der Waals surface area contributed by atoms with Crippen molar-refractivity contribution in [1.29, 1.82) is 0 Å². The van der Waals surface area contributed by atoms with Crippen molar-refractivity contribution < 1.29 is 14.2 Å². The Morgan fingerprint density at radius 3 is 2.26 bits per heavy atom. The van der Waals surface area contributed by atoms with Crippen molar-refractivity contribution >= 4 is 0 Å². The van der Waals surface area contributed by atoms with Gasteiger partial charge in [-0.25, -0.2) is 0 Å². The van der Waals surface area contributed by atoms with Crippen LogP contribution in [0.25, 0.3) is 0 Å². The van der Waals surface area contributed by atoms with Crippen molar-refractivity contribution in [1.82, 2.24) is 4.90 Å². The van der Waals surface area contributed by atoms with E-state index < -0.39 is 5.79 Å². The van der Waals surface area contributed by atoms with E-state index in [2.05, 4.69) is 51.9 Å². The third-order valence-corrected chi connectivity index (χ3v) is 4.91. The van der Waals surface area contributed by atoms with Gasteiger partial charge in [0.2, 0.25) is 0 Å². The van der Waals surface area contributed by atoms with Gasteiger partial charge in [-0.05, 0) is 57.5 Å². The van der Waals surface area contributed by atoms with Gasteiger partial charge in [-0.3, -0.25) is 4.90 Å². The summed E-state index contributed by atoms with van der Waals surface area (Å²) in [5, 5.41) is 0. The number of rotatable bonds is 6. The Labute approximate surface area is 141 Å². The molecule has 1 unspecified atom stereocenters. The van der Waals surface area contributed by atoms with Crippen LogP contribution in [0, 0.1) is 5.41 Å². The molecule has 0 aromatic carbocycles. The van der Waals surface area contributed by atoms with E-state index in [0.717, 1.165) is 18.6 Å². The molecule has 1 fully saturated rings. The fraction of sp³-hybridized carbons (Fsp3) is 0.789. The summed E-state index contributed by atoms with van der Waals surface area (Å²) in [6.45, 7) is 12.9. The van der Waals surface area contributed by atoms with E-state index in [1.54, 1.807) is 0 Å². The molecule has 4 nitrogen and oxygen atoms in total. The fourth-order valence-electron chi connectivity index (χ4n) is 3.66. The molecule has 23 heavy (non-hydrogen) atoms.